The highest BCUT2D eigenvalue weighted by Gasteiger charge is 2.08. The Balaban J connectivity index is 1.67. The van der Waals surface area contributed by atoms with E-state index in [1.54, 1.807) is 23.0 Å². The summed E-state index contributed by atoms with van der Waals surface area (Å²) in [4.78, 5) is 12.2. The average Bonchev–Trinajstić information content (AvgIpc) is 2.96. The van der Waals surface area contributed by atoms with Gasteiger partial charge >= 0.3 is 0 Å². The number of amides is 1. The molecule has 0 aliphatic rings. The topological polar surface area (TPSA) is 46.9 Å². The van der Waals surface area contributed by atoms with Gasteiger partial charge in [0, 0.05) is 20.7 Å². The molecule has 0 saturated carbocycles. The molecule has 1 N–H and O–H groups in total. The van der Waals surface area contributed by atoms with Gasteiger partial charge in [0.25, 0.3) is 5.91 Å². The van der Waals surface area contributed by atoms with E-state index in [0.717, 1.165) is 14.5 Å². The smallest absolute Gasteiger partial charge is 0.255 e. The van der Waals surface area contributed by atoms with E-state index >= 15 is 0 Å². The zero-order chi connectivity index (χ0) is 16.2. The van der Waals surface area contributed by atoms with Gasteiger partial charge in [-0.25, -0.2) is 0 Å². The van der Waals surface area contributed by atoms with Crippen molar-refractivity contribution in [1.82, 2.24) is 9.78 Å². The summed E-state index contributed by atoms with van der Waals surface area (Å²) in [5, 5.41) is 7.13. The summed E-state index contributed by atoms with van der Waals surface area (Å²) < 4.78 is 3.71. The second-order valence-corrected chi connectivity index (χ2v) is 6.85. The first kappa shape index (κ1) is 16.0. The molecule has 0 fully saturated rings. The molecule has 2 aromatic carbocycles. The molecule has 1 aromatic heterocycles. The summed E-state index contributed by atoms with van der Waals surface area (Å²) in [6.45, 7) is 0.653. The van der Waals surface area contributed by atoms with Gasteiger partial charge in [0.05, 0.1) is 18.4 Å². The van der Waals surface area contributed by atoms with Gasteiger partial charge < -0.3 is 5.32 Å². The molecule has 4 nitrogen and oxygen atoms in total. The minimum atomic E-state index is -0.158. The summed E-state index contributed by atoms with van der Waals surface area (Å²) in [5.41, 5.74) is 2.41. The van der Waals surface area contributed by atoms with E-state index < -0.39 is 0 Å². The molecule has 1 heterocycles. The number of carbonyl (C=O) groups is 1. The van der Waals surface area contributed by atoms with Gasteiger partial charge in [-0.2, -0.15) is 5.10 Å². The number of hydrogen-bond donors (Lipinski definition) is 1. The van der Waals surface area contributed by atoms with E-state index in [-0.39, 0.29) is 5.91 Å². The highest BCUT2D eigenvalue weighted by molar-refractivity contribution is 9.10. The van der Waals surface area contributed by atoms with E-state index in [9.17, 15) is 4.79 Å². The number of nitrogens with zero attached hydrogens (tertiary/aromatic N) is 2. The lowest BCUT2D eigenvalue weighted by Crippen LogP contribution is -2.11. The summed E-state index contributed by atoms with van der Waals surface area (Å²) >= 11 is 6.78. The number of carbonyl (C=O) groups excluding carboxylic acids is 1. The number of rotatable bonds is 4. The molecule has 0 aliphatic heterocycles. The van der Waals surface area contributed by atoms with Crippen molar-refractivity contribution in [2.45, 2.75) is 6.54 Å². The van der Waals surface area contributed by atoms with Crippen LogP contribution in [0.1, 0.15) is 15.9 Å². The molecule has 0 saturated heterocycles. The predicted molar refractivity (Wildman–Crippen MR) is 97.6 cm³/mol. The molecule has 0 spiro atoms. The number of halogens is 2. The third kappa shape index (κ3) is 4.30. The van der Waals surface area contributed by atoms with Crippen molar-refractivity contribution in [1.29, 1.82) is 0 Å². The van der Waals surface area contributed by atoms with Crippen molar-refractivity contribution >= 4 is 43.5 Å². The Morgan fingerprint density at radius 3 is 2.61 bits per heavy atom. The molecule has 0 bridgehead atoms. The Bertz CT molecular complexity index is 828. The Kier molecular flexibility index (Phi) is 4.93. The molecule has 116 valence electrons. The van der Waals surface area contributed by atoms with Crippen LogP contribution in [0.4, 0.5) is 5.69 Å². The molecule has 3 rings (SSSR count). The fourth-order valence-corrected chi connectivity index (χ4v) is 2.79. The maximum Gasteiger partial charge on any atom is 0.255 e. The molecule has 0 unspecified atom stereocenters. The van der Waals surface area contributed by atoms with Crippen LogP contribution < -0.4 is 5.32 Å². The van der Waals surface area contributed by atoms with Crippen molar-refractivity contribution in [2.75, 3.05) is 5.32 Å². The maximum atomic E-state index is 12.2. The lowest BCUT2D eigenvalue weighted by Gasteiger charge is -2.03. The molecule has 1 amide bonds. The minimum absolute atomic E-state index is 0.158. The number of hydrogen-bond acceptors (Lipinski definition) is 2. The first-order valence-electron chi connectivity index (χ1n) is 6.94. The summed E-state index contributed by atoms with van der Waals surface area (Å²) in [6.07, 6.45) is 3.46. The Labute approximate surface area is 150 Å². The van der Waals surface area contributed by atoms with E-state index in [4.69, 9.17) is 0 Å². The minimum Gasteiger partial charge on any atom is -0.319 e. The lowest BCUT2D eigenvalue weighted by atomic mass is 10.2. The van der Waals surface area contributed by atoms with Crippen molar-refractivity contribution in [2.24, 2.45) is 0 Å². The van der Waals surface area contributed by atoms with Crippen molar-refractivity contribution < 1.29 is 4.79 Å². The van der Waals surface area contributed by atoms with Crippen molar-refractivity contribution in [3.8, 4) is 0 Å². The summed E-state index contributed by atoms with van der Waals surface area (Å²) in [7, 11) is 0. The lowest BCUT2D eigenvalue weighted by molar-refractivity contribution is 0.102. The number of aromatic nitrogens is 2. The van der Waals surface area contributed by atoms with Crippen LogP contribution in [0.15, 0.2) is 69.9 Å². The summed E-state index contributed by atoms with van der Waals surface area (Å²) in [6, 6.07) is 15.3. The van der Waals surface area contributed by atoms with Gasteiger partial charge in [0.1, 0.15) is 0 Å². The largest absolute Gasteiger partial charge is 0.319 e. The third-order valence-corrected chi connectivity index (χ3v) is 4.26. The zero-order valence-corrected chi connectivity index (χ0v) is 15.2. The van der Waals surface area contributed by atoms with Crippen LogP contribution in [-0.2, 0) is 6.54 Å². The fourth-order valence-electron chi connectivity index (χ4n) is 2.12. The van der Waals surface area contributed by atoms with Crippen LogP contribution in [0.3, 0.4) is 0 Å². The van der Waals surface area contributed by atoms with Gasteiger partial charge in [-0.3, -0.25) is 9.48 Å². The van der Waals surface area contributed by atoms with Crippen molar-refractivity contribution in [3.05, 3.63) is 81.0 Å². The zero-order valence-electron chi connectivity index (χ0n) is 12.0. The molecule has 23 heavy (non-hydrogen) atoms. The highest BCUT2D eigenvalue weighted by Crippen LogP contribution is 2.15. The monoisotopic (exact) mass is 433 g/mol. The SMILES string of the molecule is O=C(Nc1cnn(Cc2ccc(Br)cc2)c1)c1cccc(Br)c1. The Hall–Kier alpha value is -1.92. The van der Waals surface area contributed by atoms with Gasteiger partial charge in [-0.05, 0) is 35.9 Å². The molecular weight excluding hydrogens is 422 g/mol. The second kappa shape index (κ2) is 7.10. The maximum absolute atomic E-state index is 12.2. The van der Waals surface area contributed by atoms with Gasteiger partial charge in [0.2, 0.25) is 0 Å². The van der Waals surface area contributed by atoms with Crippen LogP contribution in [-0.4, -0.2) is 15.7 Å². The van der Waals surface area contributed by atoms with Crippen LogP contribution >= 0.6 is 31.9 Å². The number of benzene rings is 2. The average molecular weight is 435 g/mol. The highest BCUT2D eigenvalue weighted by atomic mass is 79.9. The van der Waals surface area contributed by atoms with Crippen LogP contribution in [0, 0.1) is 0 Å². The molecule has 6 heteroatoms. The number of nitrogens with one attached hydrogen (secondary N) is 1. The Morgan fingerprint density at radius 1 is 1.09 bits per heavy atom. The second-order valence-electron chi connectivity index (χ2n) is 5.02. The van der Waals surface area contributed by atoms with Crippen molar-refractivity contribution in [3.63, 3.8) is 0 Å². The van der Waals surface area contributed by atoms with E-state index in [1.807, 2.05) is 42.6 Å². The fraction of sp³-hybridized carbons (Fsp3) is 0.0588. The van der Waals surface area contributed by atoms with Gasteiger partial charge in [-0.15, -0.1) is 0 Å². The molecule has 0 atom stereocenters. The van der Waals surface area contributed by atoms with E-state index in [1.165, 1.54) is 0 Å². The summed E-state index contributed by atoms with van der Waals surface area (Å²) in [5.74, 6) is -0.158. The van der Waals surface area contributed by atoms with Crippen LogP contribution in [0.2, 0.25) is 0 Å². The van der Waals surface area contributed by atoms with Gasteiger partial charge in [-0.1, -0.05) is 50.1 Å². The predicted octanol–water partition coefficient (Wildman–Crippen LogP) is 4.71. The molecular formula is C17H13Br2N3O. The molecule has 0 radical (unpaired) electrons. The standard InChI is InChI=1S/C17H13Br2N3O/c18-14-6-4-12(5-7-14)10-22-11-16(9-20-22)21-17(23)13-2-1-3-15(19)8-13/h1-9,11H,10H2,(H,21,23). The molecule has 3 aromatic rings. The van der Waals surface area contributed by atoms with Crippen LogP contribution in [0.5, 0.6) is 0 Å². The molecule has 0 aliphatic carbocycles. The normalized spacial score (nSPS) is 10.5. The first-order valence-corrected chi connectivity index (χ1v) is 8.52. The van der Waals surface area contributed by atoms with Crippen LogP contribution in [0.25, 0.3) is 0 Å². The van der Waals surface area contributed by atoms with E-state index in [0.29, 0.717) is 17.8 Å². The Morgan fingerprint density at radius 2 is 1.87 bits per heavy atom. The number of anilines is 1. The third-order valence-electron chi connectivity index (χ3n) is 3.24. The van der Waals surface area contributed by atoms with Gasteiger partial charge in [0.15, 0.2) is 0 Å². The quantitative estimate of drug-likeness (QED) is 0.646. The first-order chi connectivity index (χ1) is 11.1. The van der Waals surface area contributed by atoms with E-state index in [2.05, 4.69) is 42.3 Å².